The van der Waals surface area contributed by atoms with Crippen LogP contribution in [0.25, 0.3) is 17.0 Å². The van der Waals surface area contributed by atoms with Crippen LogP contribution in [0, 0.1) is 0 Å². The highest BCUT2D eigenvalue weighted by Gasteiger charge is 2.22. The Morgan fingerprint density at radius 2 is 2.00 bits per heavy atom. The van der Waals surface area contributed by atoms with E-state index in [9.17, 15) is 4.79 Å². The predicted molar refractivity (Wildman–Crippen MR) is 140 cm³/mol. The number of ether oxygens (including phenoxy) is 3. The Hall–Kier alpha value is -3.25. The molecule has 0 radical (unpaired) electrons. The van der Waals surface area contributed by atoms with Gasteiger partial charge in [0.05, 0.1) is 25.3 Å². The molecule has 186 valence electrons. The molecule has 4 rings (SSSR count). The SMILES string of the molecule is CCCCOc1cc2c(cc1OC)C(/C=C/c1cn(C(=O)OC(C)(C)C)c3ccccc13)NCC2. The van der Waals surface area contributed by atoms with Crippen LogP contribution in [-0.2, 0) is 11.2 Å². The molecule has 0 spiro atoms. The number of nitrogens with one attached hydrogen (secondary N) is 1. The fourth-order valence-corrected chi connectivity index (χ4v) is 4.37. The van der Waals surface area contributed by atoms with Crippen molar-refractivity contribution in [2.75, 3.05) is 20.3 Å². The summed E-state index contributed by atoms with van der Waals surface area (Å²) in [5.74, 6) is 1.56. The monoisotopic (exact) mass is 476 g/mol. The molecule has 2 aromatic carbocycles. The van der Waals surface area contributed by atoms with E-state index in [1.807, 2.05) is 51.2 Å². The summed E-state index contributed by atoms with van der Waals surface area (Å²) in [5, 5.41) is 4.60. The summed E-state index contributed by atoms with van der Waals surface area (Å²) in [5.41, 5.74) is 3.68. The van der Waals surface area contributed by atoms with Crippen molar-refractivity contribution in [1.82, 2.24) is 9.88 Å². The smallest absolute Gasteiger partial charge is 0.419 e. The quantitative estimate of drug-likeness (QED) is 0.394. The Bertz CT molecular complexity index is 1220. The number of para-hydroxylation sites is 1. The molecule has 0 amide bonds. The number of hydrogen-bond acceptors (Lipinski definition) is 5. The number of carbonyl (C=O) groups excluding carboxylic acids is 1. The lowest BCUT2D eigenvalue weighted by Crippen LogP contribution is -2.28. The standard InChI is InChI=1S/C29H36N2O4/c1-6-7-16-34-27-17-20-14-15-30-24(23(20)18-26(27)33-5)13-12-21-19-31(28(32)35-29(2,3)4)25-11-9-8-10-22(21)25/h8-13,17-19,24,30H,6-7,14-16H2,1-5H3/b13-12+. The molecule has 2 heterocycles. The number of fused-ring (bicyclic) bond motifs is 2. The first-order valence-corrected chi connectivity index (χ1v) is 12.4. The van der Waals surface area contributed by atoms with E-state index >= 15 is 0 Å². The van der Waals surface area contributed by atoms with Gasteiger partial charge in [-0.2, -0.15) is 0 Å². The van der Waals surface area contributed by atoms with Gasteiger partial charge >= 0.3 is 6.09 Å². The van der Waals surface area contributed by atoms with Gasteiger partial charge in [-0.15, -0.1) is 0 Å². The molecule has 1 aliphatic rings. The minimum Gasteiger partial charge on any atom is -0.493 e. The third-order valence-electron chi connectivity index (χ3n) is 6.08. The minimum absolute atomic E-state index is 0.0287. The van der Waals surface area contributed by atoms with E-state index in [0.717, 1.165) is 53.8 Å². The van der Waals surface area contributed by atoms with Crippen molar-refractivity contribution < 1.29 is 19.0 Å². The summed E-state index contributed by atoms with van der Waals surface area (Å²) < 4.78 is 18.9. The Morgan fingerprint density at radius 1 is 1.20 bits per heavy atom. The number of methoxy groups -OCH3 is 1. The zero-order valence-electron chi connectivity index (χ0n) is 21.4. The van der Waals surface area contributed by atoms with Gasteiger partial charge in [0.15, 0.2) is 11.5 Å². The largest absolute Gasteiger partial charge is 0.493 e. The summed E-state index contributed by atoms with van der Waals surface area (Å²) in [4.78, 5) is 12.8. The van der Waals surface area contributed by atoms with Gasteiger partial charge in [0.25, 0.3) is 0 Å². The first-order chi connectivity index (χ1) is 16.8. The number of hydrogen-bond donors (Lipinski definition) is 1. The highest BCUT2D eigenvalue weighted by Crippen LogP contribution is 2.36. The van der Waals surface area contributed by atoms with Crippen molar-refractivity contribution in [3.8, 4) is 11.5 Å². The number of nitrogens with zero attached hydrogens (tertiary/aromatic N) is 1. The number of rotatable bonds is 7. The van der Waals surface area contributed by atoms with Gasteiger partial charge < -0.3 is 19.5 Å². The summed E-state index contributed by atoms with van der Waals surface area (Å²) in [7, 11) is 1.68. The maximum absolute atomic E-state index is 12.8. The van der Waals surface area contributed by atoms with Crippen molar-refractivity contribution in [3.05, 3.63) is 65.4 Å². The average molecular weight is 477 g/mol. The van der Waals surface area contributed by atoms with E-state index in [4.69, 9.17) is 14.2 Å². The molecule has 1 N–H and O–H groups in total. The second-order valence-electron chi connectivity index (χ2n) is 9.90. The van der Waals surface area contributed by atoms with Gasteiger partial charge in [-0.3, -0.25) is 4.57 Å². The van der Waals surface area contributed by atoms with Gasteiger partial charge in [0.2, 0.25) is 0 Å². The van der Waals surface area contributed by atoms with E-state index in [-0.39, 0.29) is 12.1 Å². The van der Waals surface area contributed by atoms with Crippen molar-refractivity contribution in [3.63, 3.8) is 0 Å². The lowest BCUT2D eigenvalue weighted by molar-refractivity contribution is 0.0544. The van der Waals surface area contributed by atoms with Crippen LogP contribution in [0.2, 0.25) is 0 Å². The van der Waals surface area contributed by atoms with Gasteiger partial charge in [-0.25, -0.2) is 4.79 Å². The Balaban J connectivity index is 1.64. The predicted octanol–water partition coefficient (Wildman–Crippen LogP) is 6.51. The average Bonchev–Trinajstić information content (AvgIpc) is 3.20. The molecule has 1 unspecified atom stereocenters. The molecule has 1 aliphatic heterocycles. The highest BCUT2D eigenvalue weighted by atomic mass is 16.6. The van der Waals surface area contributed by atoms with Crippen LogP contribution in [0.15, 0.2) is 48.7 Å². The summed E-state index contributed by atoms with van der Waals surface area (Å²) in [6.45, 7) is 9.34. The van der Waals surface area contributed by atoms with Gasteiger partial charge in [-0.05, 0) is 62.9 Å². The van der Waals surface area contributed by atoms with Crippen molar-refractivity contribution >= 4 is 23.1 Å². The first-order valence-electron chi connectivity index (χ1n) is 12.4. The summed E-state index contributed by atoms with van der Waals surface area (Å²) in [6, 6.07) is 12.1. The number of aromatic nitrogens is 1. The topological polar surface area (TPSA) is 61.7 Å². The minimum atomic E-state index is -0.563. The molecule has 0 bridgehead atoms. The first kappa shape index (κ1) is 24.9. The molecule has 35 heavy (non-hydrogen) atoms. The zero-order chi connectivity index (χ0) is 25.0. The maximum Gasteiger partial charge on any atom is 0.419 e. The Labute approximate surface area is 207 Å². The Kier molecular flexibility index (Phi) is 7.51. The molecule has 0 aliphatic carbocycles. The van der Waals surface area contributed by atoms with Crippen LogP contribution in [0.5, 0.6) is 11.5 Å². The van der Waals surface area contributed by atoms with Crippen LogP contribution in [0.1, 0.15) is 63.3 Å². The summed E-state index contributed by atoms with van der Waals surface area (Å²) in [6.07, 6.45) is 8.74. The fourth-order valence-electron chi connectivity index (χ4n) is 4.37. The molecular weight excluding hydrogens is 440 g/mol. The number of unbranched alkanes of at least 4 members (excludes halogenated alkanes) is 1. The van der Waals surface area contributed by atoms with Crippen LogP contribution in [-0.4, -0.2) is 36.5 Å². The molecule has 0 saturated carbocycles. The van der Waals surface area contributed by atoms with Gasteiger partial charge in [-0.1, -0.05) is 43.7 Å². The third kappa shape index (κ3) is 5.70. The molecular formula is C29H36N2O4. The van der Waals surface area contributed by atoms with E-state index in [2.05, 4.69) is 36.5 Å². The van der Waals surface area contributed by atoms with Gasteiger partial charge in [0.1, 0.15) is 5.60 Å². The lowest BCUT2D eigenvalue weighted by Gasteiger charge is -2.26. The maximum atomic E-state index is 12.8. The molecule has 0 fully saturated rings. The van der Waals surface area contributed by atoms with Crippen LogP contribution >= 0.6 is 0 Å². The second-order valence-corrected chi connectivity index (χ2v) is 9.90. The Morgan fingerprint density at radius 3 is 2.74 bits per heavy atom. The highest BCUT2D eigenvalue weighted by molar-refractivity contribution is 5.95. The van der Waals surface area contributed by atoms with E-state index < -0.39 is 5.60 Å². The van der Waals surface area contributed by atoms with Gasteiger partial charge in [0, 0.05) is 23.7 Å². The van der Waals surface area contributed by atoms with Crippen molar-refractivity contribution in [2.24, 2.45) is 0 Å². The normalized spacial score (nSPS) is 15.9. The van der Waals surface area contributed by atoms with E-state index in [1.54, 1.807) is 11.7 Å². The molecule has 3 aromatic rings. The molecule has 0 saturated heterocycles. The van der Waals surface area contributed by atoms with Crippen LogP contribution < -0.4 is 14.8 Å². The lowest BCUT2D eigenvalue weighted by atomic mass is 9.93. The third-order valence-corrected chi connectivity index (χ3v) is 6.08. The molecule has 6 nitrogen and oxygen atoms in total. The van der Waals surface area contributed by atoms with E-state index in [0.29, 0.717) is 6.61 Å². The van der Waals surface area contributed by atoms with Crippen LogP contribution in [0.4, 0.5) is 4.79 Å². The summed E-state index contributed by atoms with van der Waals surface area (Å²) >= 11 is 0. The number of benzene rings is 2. The van der Waals surface area contributed by atoms with Crippen LogP contribution in [0.3, 0.4) is 0 Å². The van der Waals surface area contributed by atoms with E-state index in [1.165, 1.54) is 11.1 Å². The fraction of sp³-hybridized carbons (Fsp3) is 0.414. The van der Waals surface area contributed by atoms with Crippen molar-refractivity contribution in [2.45, 2.75) is 58.6 Å². The van der Waals surface area contributed by atoms with Crippen molar-refractivity contribution in [1.29, 1.82) is 0 Å². The molecule has 1 aromatic heterocycles. The zero-order valence-corrected chi connectivity index (χ0v) is 21.4. The molecule has 1 atom stereocenters. The second kappa shape index (κ2) is 10.6. The number of carbonyl (C=O) groups is 1. The molecule has 6 heteroatoms.